The molecule has 0 spiro atoms. The summed E-state index contributed by atoms with van der Waals surface area (Å²) in [6.45, 7) is 15.8. The second-order valence-electron chi connectivity index (χ2n) is 2.10. The van der Waals surface area contributed by atoms with E-state index in [-0.39, 0.29) is 67.9 Å². The lowest BCUT2D eigenvalue weighted by Gasteiger charge is -1.61. The van der Waals surface area contributed by atoms with Crippen molar-refractivity contribution >= 4 is 67.9 Å². The van der Waals surface area contributed by atoms with Gasteiger partial charge >= 0.3 is 0 Å². The van der Waals surface area contributed by atoms with Gasteiger partial charge in [-0.2, -0.15) is 0 Å². The van der Waals surface area contributed by atoms with Crippen molar-refractivity contribution in [3.63, 3.8) is 0 Å². The second kappa shape index (κ2) is 90.9. The smallest absolute Gasteiger partial charge is 0.0104 e. The molecule has 0 bridgehead atoms. The molecule has 0 atom stereocenters. The fourth-order valence-corrected chi connectivity index (χ4v) is 0. The van der Waals surface area contributed by atoms with Crippen molar-refractivity contribution < 1.29 is 0 Å². The quantitative estimate of drug-likeness (QED) is 0.403. The summed E-state index contributed by atoms with van der Waals surface area (Å²) < 4.78 is 0. The zero-order chi connectivity index (χ0) is 13.7. The molecule has 0 radical (unpaired) electrons. The van der Waals surface area contributed by atoms with Gasteiger partial charge in [0.2, 0.25) is 0 Å². The Hall–Kier alpha value is 0.720. The molecule has 20 heavy (non-hydrogen) atoms. The number of hydrogen-bond donors (Lipinski definition) is 4. The number of hydrogen-bond acceptors (Lipinski definition) is 4. The minimum atomic E-state index is 0. The van der Waals surface area contributed by atoms with E-state index in [0.29, 0.717) is 26.2 Å². The van der Waals surface area contributed by atoms with E-state index in [4.69, 9.17) is 22.9 Å². The third-order valence-corrected chi connectivity index (χ3v) is 0.667. The zero-order valence-corrected chi connectivity index (χ0v) is 18.8. The zero-order valence-electron chi connectivity index (χ0n) is 11.9. The molecule has 0 unspecified atom stereocenters. The SMILES string of the molecule is Br.Br.Br.Br.C=CCN.C=CCN.C=CCN.C=CCN. The van der Waals surface area contributed by atoms with Gasteiger partial charge in [-0.3, -0.25) is 0 Å². The van der Waals surface area contributed by atoms with Crippen LogP contribution in [0.5, 0.6) is 0 Å². The first-order chi connectivity index (χ1) is 7.66. The largest absolute Gasteiger partial charge is 0.327 e. The maximum absolute atomic E-state index is 4.91. The van der Waals surface area contributed by atoms with Crippen molar-refractivity contribution in [1.82, 2.24) is 0 Å². The van der Waals surface area contributed by atoms with Crippen LogP contribution in [0.25, 0.3) is 0 Å². The van der Waals surface area contributed by atoms with Crippen LogP contribution in [0, 0.1) is 0 Å². The summed E-state index contributed by atoms with van der Waals surface area (Å²) in [6.07, 6.45) is 6.61. The summed E-state index contributed by atoms with van der Waals surface area (Å²) in [6, 6.07) is 0. The summed E-state index contributed by atoms with van der Waals surface area (Å²) >= 11 is 0. The van der Waals surface area contributed by atoms with Crippen LogP contribution in [-0.2, 0) is 0 Å². The van der Waals surface area contributed by atoms with Crippen molar-refractivity contribution in [1.29, 1.82) is 0 Å². The predicted octanol–water partition coefficient (Wildman–Crippen LogP) is 2.84. The maximum atomic E-state index is 4.91. The molecule has 0 saturated heterocycles. The lowest BCUT2D eigenvalue weighted by molar-refractivity contribution is 1.26. The maximum Gasteiger partial charge on any atom is 0.0104 e. The molecule has 0 fully saturated rings. The molecule has 0 aromatic heterocycles. The average Bonchev–Trinajstić information content (AvgIpc) is 2.39. The number of halogens is 4. The fourth-order valence-electron chi connectivity index (χ4n) is 0. The second-order valence-corrected chi connectivity index (χ2v) is 2.10. The van der Waals surface area contributed by atoms with Gasteiger partial charge in [0.15, 0.2) is 0 Å². The van der Waals surface area contributed by atoms with E-state index < -0.39 is 0 Å². The molecule has 0 aliphatic rings. The van der Waals surface area contributed by atoms with E-state index >= 15 is 0 Å². The van der Waals surface area contributed by atoms with Gasteiger partial charge in [-0.05, 0) is 0 Å². The Kier molecular flexibility index (Phi) is 226. The molecule has 0 aromatic rings. The summed E-state index contributed by atoms with van der Waals surface area (Å²) in [5.41, 5.74) is 19.6. The molecular weight excluding hydrogens is 520 g/mol. The van der Waals surface area contributed by atoms with Gasteiger partial charge in [-0.25, -0.2) is 0 Å². The highest BCUT2D eigenvalue weighted by Crippen LogP contribution is 1.41. The fraction of sp³-hybridized carbons (Fsp3) is 0.333. The van der Waals surface area contributed by atoms with Crippen molar-refractivity contribution in [2.24, 2.45) is 22.9 Å². The monoisotopic (exact) mass is 548 g/mol. The van der Waals surface area contributed by atoms with Crippen molar-refractivity contribution in [3.05, 3.63) is 50.6 Å². The highest BCUT2D eigenvalue weighted by Gasteiger charge is 1.44. The van der Waals surface area contributed by atoms with E-state index in [2.05, 4.69) is 26.3 Å². The van der Waals surface area contributed by atoms with E-state index in [0.717, 1.165) is 0 Å². The third-order valence-electron chi connectivity index (χ3n) is 0.667. The molecule has 128 valence electrons. The molecule has 0 saturated carbocycles. The van der Waals surface area contributed by atoms with Crippen molar-refractivity contribution in [3.8, 4) is 0 Å². The Balaban J connectivity index is -0.0000000150. The van der Waals surface area contributed by atoms with Gasteiger partial charge in [-0.1, -0.05) is 24.3 Å². The summed E-state index contributed by atoms with van der Waals surface area (Å²) in [5.74, 6) is 0. The van der Waals surface area contributed by atoms with Gasteiger partial charge in [0.1, 0.15) is 0 Å². The average molecular weight is 552 g/mol. The predicted molar refractivity (Wildman–Crippen MR) is 118 cm³/mol. The van der Waals surface area contributed by atoms with Gasteiger partial charge in [0, 0.05) is 26.2 Å². The molecular formula is C12H32Br4N4. The Morgan fingerprint density at radius 3 is 0.500 bits per heavy atom. The Morgan fingerprint density at radius 2 is 0.500 bits per heavy atom. The Bertz CT molecular complexity index is 115. The molecule has 0 amide bonds. The molecule has 4 nitrogen and oxygen atoms in total. The lowest BCUT2D eigenvalue weighted by atomic mass is 10.7. The van der Waals surface area contributed by atoms with Gasteiger partial charge in [0.25, 0.3) is 0 Å². The summed E-state index contributed by atoms with van der Waals surface area (Å²) in [7, 11) is 0. The van der Waals surface area contributed by atoms with E-state index in [1.54, 1.807) is 24.3 Å². The highest BCUT2D eigenvalue weighted by molar-refractivity contribution is 8.93. The molecule has 8 heteroatoms. The van der Waals surface area contributed by atoms with E-state index in [1.807, 2.05) is 0 Å². The van der Waals surface area contributed by atoms with Crippen molar-refractivity contribution in [2.75, 3.05) is 26.2 Å². The van der Waals surface area contributed by atoms with Crippen LogP contribution in [0.15, 0.2) is 50.6 Å². The van der Waals surface area contributed by atoms with Crippen LogP contribution < -0.4 is 22.9 Å². The lowest BCUT2D eigenvalue weighted by Crippen LogP contribution is -1.90. The van der Waals surface area contributed by atoms with Gasteiger partial charge in [0.05, 0.1) is 0 Å². The molecule has 0 rings (SSSR count). The number of nitrogens with two attached hydrogens (primary N) is 4. The van der Waals surface area contributed by atoms with Crippen molar-refractivity contribution in [2.45, 2.75) is 0 Å². The normalized spacial score (nSPS) is 5.00. The summed E-state index contributed by atoms with van der Waals surface area (Å²) in [4.78, 5) is 0. The van der Waals surface area contributed by atoms with Gasteiger partial charge in [-0.15, -0.1) is 94.2 Å². The molecule has 0 aromatic carbocycles. The first-order valence-corrected chi connectivity index (χ1v) is 4.90. The van der Waals surface area contributed by atoms with Crippen LogP contribution >= 0.6 is 67.9 Å². The van der Waals surface area contributed by atoms with E-state index in [1.165, 1.54) is 0 Å². The first kappa shape index (κ1) is 49.8. The van der Waals surface area contributed by atoms with Crippen LogP contribution in [0.3, 0.4) is 0 Å². The Labute approximate surface area is 166 Å². The van der Waals surface area contributed by atoms with Crippen LogP contribution in [0.4, 0.5) is 0 Å². The summed E-state index contributed by atoms with van der Waals surface area (Å²) in [5, 5.41) is 0. The standard InChI is InChI=1S/4C3H7N.4BrH/c4*1-2-3-4;;;;/h4*2H,1,3-4H2;4*1H. The van der Waals surface area contributed by atoms with Crippen LogP contribution in [0.1, 0.15) is 0 Å². The molecule has 0 heterocycles. The van der Waals surface area contributed by atoms with E-state index in [9.17, 15) is 0 Å². The molecule has 0 aliphatic heterocycles. The topological polar surface area (TPSA) is 104 Å². The Morgan fingerprint density at radius 1 is 0.450 bits per heavy atom. The third kappa shape index (κ3) is 264. The highest BCUT2D eigenvalue weighted by atomic mass is 79.9. The van der Waals surface area contributed by atoms with Crippen LogP contribution in [-0.4, -0.2) is 26.2 Å². The van der Waals surface area contributed by atoms with Crippen LogP contribution in [0.2, 0.25) is 0 Å². The first-order valence-electron chi connectivity index (χ1n) is 4.90. The minimum absolute atomic E-state index is 0. The molecule has 8 N–H and O–H groups in total. The molecule has 0 aliphatic carbocycles. The van der Waals surface area contributed by atoms with Gasteiger partial charge < -0.3 is 22.9 Å². The number of rotatable bonds is 4. The minimum Gasteiger partial charge on any atom is -0.327 e.